The molecule has 0 bridgehead atoms. The summed E-state index contributed by atoms with van der Waals surface area (Å²) in [5, 5.41) is 0. The van der Waals surface area contributed by atoms with Gasteiger partial charge < -0.3 is 10.6 Å². The van der Waals surface area contributed by atoms with Crippen molar-refractivity contribution in [1.29, 1.82) is 0 Å². The van der Waals surface area contributed by atoms with Crippen LogP contribution in [0, 0.1) is 0 Å². The predicted molar refractivity (Wildman–Crippen MR) is 74.5 cm³/mol. The highest BCUT2D eigenvalue weighted by atomic mass is 15.2. The largest absolute Gasteiger partial charge is 0.369 e. The first-order valence-electron chi connectivity index (χ1n) is 6.82. The topological polar surface area (TPSA) is 29.3 Å². The second-order valence-corrected chi connectivity index (χ2v) is 5.19. The van der Waals surface area contributed by atoms with E-state index >= 15 is 0 Å². The lowest BCUT2D eigenvalue weighted by Gasteiger charge is -2.27. The van der Waals surface area contributed by atoms with Crippen molar-refractivity contribution in [2.24, 2.45) is 5.73 Å². The van der Waals surface area contributed by atoms with E-state index in [0.717, 1.165) is 12.8 Å². The first kappa shape index (κ1) is 12.4. The van der Waals surface area contributed by atoms with Crippen LogP contribution < -0.4 is 10.6 Å². The average molecular weight is 232 g/mol. The van der Waals surface area contributed by atoms with Crippen molar-refractivity contribution in [3.8, 4) is 0 Å². The molecule has 2 nitrogen and oxygen atoms in total. The Morgan fingerprint density at radius 1 is 1.41 bits per heavy atom. The van der Waals surface area contributed by atoms with E-state index < -0.39 is 0 Å². The maximum Gasteiger partial charge on any atom is 0.0401 e. The van der Waals surface area contributed by atoms with E-state index in [-0.39, 0.29) is 6.04 Å². The van der Waals surface area contributed by atoms with Crippen molar-refractivity contribution in [3.05, 3.63) is 29.8 Å². The fourth-order valence-electron chi connectivity index (χ4n) is 2.68. The smallest absolute Gasteiger partial charge is 0.0401 e. The number of nitrogens with zero attached hydrogens (tertiary/aromatic N) is 1. The van der Waals surface area contributed by atoms with E-state index in [1.54, 1.807) is 0 Å². The van der Waals surface area contributed by atoms with Gasteiger partial charge in [-0.2, -0.15) is 0 Å². The van der Waals surface area contributed by atoms with E-state index in [1.807, 2.05) is 0 Å². The van der Waals surface area contributed by atoms with Crippen molar-refractivity contribution in [2.75, 3.05) is 11.4 Å². The van der Waals surface area contributed by atoms with Gasteiger partial charge in [-0.25, -0.2) is 0 Å². The molecule has 0 spiro atoms. The molecule has 1 fully saturated rings. The van der Waals surface area contributed by atoms with Gasteiger partial charge in [0.2, 0.25) is 0 Å². The molecule has 0 aromatic heterocycles. The Morgan fingerprint density at radius 2 is 2.18 bits per heavy atom. The van der Waals surface area contributed by atoms with E-state index in [4.69, 9.17) is 5.73 Å². The van der Waals surface area contributed by atoms with Crippen LogP contribution in [0.5, 0.6) is 0 Å². The molecule has 0 radical (unpaired) electrons. The predicted octanol–water partition coefficient (Wildman–Crippen LogP) is 2.96. The Bertz CT molecular complexity index is 362. The molecule has 0 aliphatic carbocycles. The molecule has 2 rings (SSSR count). The van der Waals surface area contributed by atoms with Gasteiger partial charge in [0.05, 0.1) is 0 Å². The number of para-hydroxylation sites is 1. The molecule has 2 atom stereocenters. The monoisotopic (exact) mass is 232 g/mol. The van der Waals surface area contributed by atoms with Crippen LogP contribution in [0.1, 0.15) is 38.7 Å². The van der Waals surface area contributed by atoms with Gasteiger partial charge in [0.25, 0.3) is 0 Å². The molecule has 2 unspecified atom stereocenters. The van der Waals surface area contributed by atoms with Crippen LogP contribution in [0.2, 0.25) is 0 Å². The van der Waals surface area contributed by atoms with Crippen LogP contribution in [0.15, 0.2) is 24.3 Å². The zero-order valence-corrected chi connectivity index (χ0v) is 11.0. The second kappa shape index (κ2) is 5.54. The zero-order chi connectivity index (χ0) is 12.3. The van der Waals surface area contributed by atoms with Crippen molar-refractivity contribution < 1.29 is 0 Å². The third-order valence-corrected chi connectivity index (χ3v) is 3.86. The summed E-state index contributed by atoms with van der Waals surface area (Å²) in [5.74, 6) is 0. The minimum atomic E-state index is 0.286. The first-order chi connectivity index (χ1) is 8.22. The summed E-state index contributed by atoms with van der Waals surface area (Å²) in [6.45, 7) is 5.68. The molecule has 1 aromatic rings. The highest BCUT2D eigenvalue weighted by Gasteiger charge is 2.22. The molecule has 0 saturated carbocycles. The average Bonchev–Trinajstić information content (AvgIpc) is 2.76. The summed E-state index contributed by atoms with van der Waals surface area (Å²) in [6.07, 6.45) is 4.67. The number of nitrogens with two attached hydrogens (primary N) is 1. The summed E-state index contributed by atoms with van der Waals surface area (Å²) in [6, 6.07) is 9.71. The van der Waals surface area contributed by atoms with Crippen LogP contribution in [0.3, 0.4) is 0 Å². The van der Waals surface area contributed by atoms with Crippen molar-refractivity contribution in [2.45, 2.75) is 51.6 Å². The maximum absolute atomic E-state index is 6.09. The molecule has 17 heavy (non-hydrogen) atoms. The number of rotatable bonds is 4. The molecule has 1 aliphatic heterocycles. The molecule has 94 valence electrons. The summed E-state index contributed by atoms with van der Waals surface area (Å²) in [4.78, 5) is 2.54. The fourth-order valence-corrected chi connectivity index (χ4v) is 2.68. The lowest BCUT2D eigenvalue weighted by molar-refractivity contribution is 0.642. The summed E-state index contributed by atoms with van der Waals surface area (Å²) >= 11 is 0. The van der Waals surface area contributed by atoms with Gasteiger partial charge in [-0.15, -0.1) is 0 Å². The molecule has 1 aliphatic rings. The maximum atomic E-state index is 6.09. The van der Waals surface area contributed by atoms with Crippen LogP contribution in [0.25, 0.3) is 0 Å². The van der Waals surface area contributed by atoms with Gasteiger partial charge in [-0.05, 0) is 44.2 Å². The molecule has 1 aromatic carbocycles. The van der Waals surface area contributed by atoms with E-state index in [9.17, 15) is 0 Å². The molecular weight excluding hydrogens is 208 g/mol. The van der Waals surface area contributed by atoms with Gasteiger partial charge in [0, 0.05) is 24.3 Å². The van der Waals surface area contributed by atoms with Gasteiger partial charge in [0.15, 0.2) is 0 Å². The van der Waals surface area contributed by atoms with Crippen LogP contribution in [-0.2, 0) is 6.42 Å². The Morgan fingerprint density at radius 3 is 2.82 bits per heavy atom. The number of hydrogen-bond donors (Lipinski definition) is 1. The molecule has 0 amide bonds. The highest BCUT2D eigenvalue weighted by molar-refractivity contribution is 5.55. The molecular formula is C15H24N2. The number of anilines is 1. The third kappa shape index (κ3) is 2.81. The number of hydrogen-bond acceptors (Lipinski definition) is 2. The van der Waals surface area contributed by atoms with Crippen molar-refractivity contribution >= 4 is 5.69 Å². The van der Waals surface area contributed by atoms with Crippen LogP contribution in [0.4, 0.5) is 5.69 Å². The van der Waals surface area contributed by atoms with Gasteiger partial charge in [0.1, 0.15) is 0 Å². The molecule has 1 saturated heterocycles. The van der Waals surface area contributed by atoms with Gasteiger partial charge in [-0.3, -0.25) is 0 Å². The van der Waals surface area contributed by atoms with Crippen LogP contribution >= 0.6 is 0 Å². The van der Waals surface area contributed by atoms with Gasteiger partial charge in [-0.1, -0.05) is 25.1 Å². The second-order valence-electron chi connectivity index (χ2n) is 5.19. The van der Waals surface area contributed by atoms with Crippen molar-refractivity contribution in [1.82, 2.24) is 0 Å². The summed E-state index contributed by atoms with van der Waals surface area (Å²) < 4.78 is 0. The quantitative estimate of drug-likeness (QED) is 0.865. The highest BCUT2D eigenvalue weighted by Crippen LogP contribution is 2.29. The Kier molecular flexibility index (Phi) is 4.06. The summed E-state index contributed by atoms with van der Waals surface area (Å²) in [7, 11) is 0. The normalized spacial score (nSPS) is 21.8. The Labute approximate surface area is 105 Å². The molecule has 2 N–H and O–H groups in total. The summed E-state index contributed by atoms with van der Waals surface area (Å²) in [5.41, 5.74) is 8.91. The lowest BCUT2D eigenvalue weighted by Crippen LogP contribution is -2.29. The Hall–Kier alpha value is -1.02. The minimum absolute atomic E-state index is 0.286. The van der Waals surface area contributed by atoms with E-state index in [1.165, 1.54) is 30.6 Å². The molecule has 2 heteroatoms. The standard InChI is InChI=1S/C15H24N2/c1-3-14(16)11-13-8-4-5-9-15(13)17-10-6-7-12(17)2/h4-5,8-9,12,14H,3,6-7,10-11,16H2,1-2H3. The third-order valence-electron chi connectivity index (χ3n) is 3.86. The lowest BCUT2D eigenvalue weighted by atomic mass is 10.0. The Balaban J connectivity index is 2.21. The van der Waals surface area contributed by atoms with Gasteiger partial charge >= 0.3 is 0 Å². The zero-order valence-electron chi connectivity index (χ0n) is 11.0. The van der Waals surface area contributed by atoms with Crippen molar-refractivity contribution in [3.63, 3.8) is 0 Å². The first-order valence-corrected chi connectivity index (χ1v) is 6.82. The molecule has 1 heterocycles. The van der Waals surface area contributed by atoms with Crippen LogP contribution in [-0.4, -0.2) is 18.6 Å². The minimum Gasteiger partial charge on any atom is -0.369 e. The van der Waals surface area contributed by atoms with E-state index in [0.29, 0.717) is 6.04 Å². The fraction of sp³-hybridized carbons (Fsp3) is 0.600. The number of benzene rings is 1. The van der Waals surface area contributed by atoms with E-state index in [2.05, 4.69) is 43.0 Å². The SMILES string of the molecule is CCC(N)Cc1ccccc1N1CCCC1C.